The van der Waals surface area contributed by atoms with Crippen LogP contribution in [0.3, 0.4) is 0 Å². The average molecular weight is 408 g/mol. The number of amides is 1. The third-order valence-corrected chi connectivity index (χ3v) is 5.31. The summed E-state index contributed by atoms with van der Waals surface area (Å²) in [6.45, 7) is 4.33. The summed E-state index contributed by atoms with van der Waals surface area (Å²) < 4.78 is 1.51. The zero-order valence-electron chi connectivity index (χ0n) is 16.1. The van der Waals surface area contributed by atoms with Gasteiger partial charge in [0, 0.05) is 12.2 Å². The lowest BCUT2D eigenvalue weighted by molar-refractivity contribution is -0.116. The van der Waals surface area contributed by atoms with Crippen molar-refractivity contribution >= 4 is 23.4 Å². The molecular formula is C20H20N6O2S. The number of phenols is 1. The molecule has 0 aliphatic heterocycles. The van der Waals surface area contributed by atoms with Crippen LogP contribution in [0, 0.1) is 25.2 Å². The van der Waals surface area contributed by atoms with Gasteiger partial charge in [-0.05, 0) is 71.8 Å². The molecule has 0 unspecified atom stereocenters. The lowest BCUT2D eigenvalue weighted by atomic mass is 10.1. The van der Waals surface area contributed by atoms with Gasteiger partial charge in [-0.1, -0.05) is 17.8 Å². The molecule has 8 nitrogen and oxygen atoms in total. The van der Waals surface area contributed by atoms with Crippen molar-refractivity contribution in [2.24, 2.45) is 0 Å². The number of benzene rings is 2. The molecule has 148 valence electrons. The highest BCUT2D eigenvalue weighted by molar-refractivity contribution is 7.99. The Balaban J connectivity index is 1.75. The van der Waals surface area contributed by atoms with Crippen molar-refractivity contribution in [3.8, 4) is 17.5 Å². The molecule has 0 bridgehead atoms. The van der Waals surface area contributed by atoms with E-state index in [-0.39, 0.29) is 23.8 Å². The van der Waals surface area contributed by atoms with Crippen LogP contribution in [-0.4, -0.2) is 43.5 Å². The summed E-state index contributed by atoms with van der Waals surface area (Å²) in [5, 5.41) is 30.5. The second-order valence-corrected chi connectivity index (χ2v) is 7.34. The minimum atomic E-state index is -0.131. The second-order valence-electron chi connectivity index (χ2n) is 6.40. The standard InChI is InChI=1S/C20H20N6O2S/c1-14-4-5-17(12-15(14)2)25(11-3-10-21)19(28)13-29-20-22-23-24-26(20)16-6-8-18(27)9-7-16/h4-9,12,27H,3,11,13H2,1-2H3. The molecule has 1 aromatic heterocycles. The van der Waals surface area contributed by atoms with Crippen LogP contribution in [0.5, 0.6) is 5.75 Å². The summed E-state index contributed by atoms with van der Waals surface area (Å²) in [4.78, 5) is 14.5. The van der Waals surface area contributed by atoms with E-state index < -0.39 is 0 Å². The van der Waals surface area contributed by atoms with Crippen molar-refractivity contribution in [2.45, 2.75) is 25.4 Å². The molecule has 0 aliphatic carbocycles. The Morgan fingerprint density at radius 2 is 1.97 bits per heavy atom. The van der Waals surface area contributed by atoms with Crippen LogP contribution in [0.15, 0.2) is 47.6 Å². The van der Waals surface area contributed by atoms with E-state index >= 15 is 0 Å². The molecule has 0 spiro atoms. The number of rotatable bonds is 7. The largest absolute Gasteiger partial charge is 0.508 e. The Morgan fingerprint density at radius 1 is 1.21 bits per heavy atom. The normalized spacial score (nSPS) is 10.5. The van der Waals surface area contributed by atoms with Crippen molar-refractivity contribution in [2.75, 3.05) is 17.2 Å². The monoisotopic (exact) mass is 408 g/mol. The molecule has 2 aromatic carbocycles. The number of phenolic OH excluding ortho intramolecular Hbond substituents is 1. The predicted molar refractivity (Wildman–Crippen MR) is 110 cm³/mol. The van der Waals surface area contributed by atoms with Crippen molar-refractivity contribution in [3.05, 3.63) is 53.6 Å². The highest BCUT2D eigenvalue weighted by atomic mass is 32.2. The van der Waals surface area contributed by atoms with E-state index in [1.165, 1.54) is 16.4 Å². The number of aromatic hydroxyl groups is 1. The van der Waals surface area contributed by atoms with Crippen LogP contribution in [0.4, 0.5) is 5.69 Å². The number of aromatic nitrogens is 4. The average Bonchev–Trinajstić information content (AvgIpc) is 3.18. The Kier molecular flexibility index (Phi) is 6.46. The molecule has 0 radical (unpaired) electrons. The number of hydrogen-bond acceptors (Lipinski definition) is 7. The van der Waals surface area contributed by atoms with E-state index in [0.29, 0.717) is 17.4 Å². The van der Waals surface area contributed by atoms with Crippen LogP contribution in [0.2, 0.25) is 0 Å². The number of carbonyl (C=O) groups excluding carboxylic acids is 1. The number of nitrogens with zero attached hydrogens (tertiary/aromatic N) is 6. The van der Waals surface area contributed by atoms with E-state index in [9.17, 15) is 9.90 Å². The van der Waals surface area contributed by atoms with Gasteiger partial charge in [-0.3, -0.25) is 4.79 Å². The summed E-state index contributed by atoms with van der Waals surface area (Å²) in [6.07, 6.45) is 0.245. The molecule has 3 aromatic rings. The first-order chi connectivity index (χ1) is 14.0. The van der Waals surface area contributed by atoms with E-state index in [1.807, 2.05) is 32.0 Å². The fourth-order valence-electron chi connectivity index (χ4n) is 2.68. The van der Waals surface area contributed by atoms with E-state index in [1.54, 1.807) is 29.2 Å². The maximum Gasteiger partial charge on any atom is 0.237 e. The number of tetrazole rings is 1. The highest BCUT2D eigenvalue weighted by Crippen LogP contribution is 2.23. The number of nitriles is 1. The highest BCUT2D eigenvalue weighted by Gasteiger charge is 2.18. The maximum absolute atomic E-state index is 12.9. The van der Waals surface area contributed by atoms with Crippen LogP contribution in [0.1, 0.15) is 17.5 Å². The molecule has 0 fully saturated rings. The molecule has 0 saturated heterocycles. The van der Waals surface area contributed by atoms with Gasteiger partial charge in [-0.25, -0.2) is 0 Å². The molecule has 3 rings (SSSR count). The fourth-order valence-corrected chi connectivity index (χ4v) is 3.45. The van der Waals surface area contributed by atoms with E-state index in [0.717, 1.165) is 16.8 Å². The van der Waals surface area contributed by atoms with Crippen LogP contribution >= 0.6 is 11.8 Å². The molecule has 0 atom stereocenters. The fraction of sp³-hybridized carbons (Fsp3) is 0.250. The topological polar surface area (TPSA) is 108 Å². The molecule has 0 saturated carbocycles. The third-order valence-electron chi connectivity index (χ3n) is 4.41. The Bertz CT molecular complexity index is 1040. The lowest BCUT2D eigenvalue weighted by Crippen LogP contribution is -2.33. The van der Waals surface area contributed by atoms with Crippen LogP contribution in [0.25, 0.3) is 5.69 Å². The van der Waals surface area contributed by atoms with Crippen molar-refractivity contribution < 1.29 is 9.90 Å². The third kappa shape index (κ3) is 4.92. The zero-order chi connectivity index (χ0) is 20.8. The molecule has 1 heterocycles. The molecule has 9 heteroatoms. The van der Waals surface area contributed by atoms with Gasteiger partial charge in [0.1, 0.15) is 5.75 Å². The quantitative estimate of drug-likeness (QED) is 0.599. The second kappa shape index (κ2) is 9.21. The van der Waals surface area contributed by atoms with E-state index in [2.05, 4.69) is 21.6 Å². The number of carbonyl (C=O) groups is 1. The Hall–Kier alpha value is -3.38. The molecule has 1 amide bonds. The van der Waals surface area contributed by atoms with Gasteiger partial charge in [0.05, 0.1) is 23.9 Å². The van der Waals surface area contributed by atoms with Crippen LogP contribution < -0.4 is 4.90 Å². The summed E-state index contributed by atoms with van der Waals surface area (Å²) in [7, 11) is 0. The Labute approximate surface area is 172 Å². The number of anilines is 1. The molecule has 29 heavy (non-hydrogen) atoms. The van der Waals surface area contributed by atoms with Gasteiger partial charge in [0.15, 0.2) is 0 Å². The van der Waals surface area contributed by atoms with Gasteiger partial charge in [-0.2, -0.15) is 9.94 Å². The molecule has 0 aliphatic rings. The maximum atomic E-state index is 12.9. The summed E-state index contributed by atoms with van der Waals surface area (Å²) in [5.41, 5.74) is 3.68. The minimum absolute atomic E-state index is 0.122. The van der Waals surface area contributed by atoms with Gasteiger partial charge >= 0.3 is 0 Å². The van der Waals surface area contributed by atoms with Crippen molar-refractivity contribution in [1.29, 1.82) is 5.26 Å². The lowest BCUT2D eigenvalue weighted by Gasteiger charge is -2.22. The van der Waals surface area contributed by atoms with Gasteiger partial charge in [-0.15, -0.1) is 5.10 Å². The summed E-state index contributed by atoms with van der Waals surface area (Å²) in [6, 6.07) is 14.4. The number of hydrogen-bond donors (Lipinski definition) is 1. The predicted octanol–water partition coefficient (Wildman–Crippen LogP) is 3.02. The number of thioether (sulfide) groups is 1. The first-order valence-electron chi connectivity index (χ1n) is 8.94. The molecule has 1 N–H and O–H groups in total. The van der Waals surface area contributed by atoms with Crippen LogP contribution in [-0.2, 0) is 4.79 Å². The first kappa shape index (κ1) is 20.4. The van der Waals surface area contributed by atoms with Gasteiger partial charge < -0.3 is 10.0 Å². The van der Waals surface area contributed by atoms with Gasteiger partial charge in [0.2, 0.25) is 11.1 Å². The SMILES string of the molecule is Cc1ccc(N(CCC#N)C(=O)CSc2nnnn2-c2ccc(O)cc2)cc1C. The van der Waals surface area contributed by atoms with E-state index in [4.69, 9.17) is 5.26 Å². The molecular weight excluding hydrogens is 388 g/mol. The van der Waals surface area contributed by atoms with Crippen molar-refractivity contribution in [1.82, 2.24) is 20.2 Å². The summed E-state index contributed by atoms with van der Waals surface area (Å²) in [5.74, 6) is 0.137. The minimum Gasteiger partial charge on any atom is -0.508 e. The summed E-state index contributed by atoms with van der Waals surface area (Å²) >= 11 is 1.21. The number of aryl methyl sites for hydroxylation is 2. The van der Waals surface area contributed by atoms with Gasteiger partial charge in [0.25, 0.3) is 0 Å². The Morgan fingerprint density at radius 3 is 2.66 bits per heavy atom. The van der Waals surface area contributed by atoms with Crippen molar-refractivity contribution in [3.63, 3.8) is 0 Å². The first-order valence-corrected chi connectivity index (χ1v) is 9.93. The smallest absolute Gasteiger partial charge is 0.237 e. The zero-order valence-corrected chi connectivity index (χ0v) is 16.9.